The van der Waals surface area contributed by atoms with Crippen LogP contribution in [0.3, 0.4) is 0 Å². The molecule has 2 saturated heterocycles. The summed E-state index contributed by atoms with van der Waals surface area (Å²) in [5.41, 5.74) is 0.617. The highest BCUT2D eigenvalue weighted by molar-refractivity contribution is 7.82. The summed E-state index contributed by atoms with van der Waals surface area (Å²) in [6.07, 6.45) is -43.1. The topological polar surface area (TPSA) is 703 Å². The third-order valence-electron chi connectivity index (χ3n) is 12.0. The number of aliphatic hydroxyl groups excluding tert-OH is 10. The number of amides is 2. The van der Waals surface area contributed by atoms with Gasteiger partial charge in [0.15, 0.2) is 24.8 Å². The summed E-state index contributed by atoms with van der Waals surface area (Å²) in [5.74, 6) is -1.38. The second kappa shape index (κ2) is 33.2. The molecule has 0 bridgehead atoms. The van der Waals surface area contributed by atoms with Crippen molar-refractivity contribution in [1.82, 2.24) is 0 Å². The highest BCUT2D eigenvalue weighted by Crippen LogP contribution is 2.32. The average molecular weight is 1430 g/mol. The minimum Gasteiger partial charge on any atom is -0.388 e. The van der Waals surface area contributed by atoms with Crippen molar-refractivity contribution in [3.05, 3.63) is 48.5 Å². The van der Waals surface area contributed by atoms with Crippen LogP contribution in [0.4, 0.5) is 22.7 Å². The first-order valence-corrected chi connectivity index (χ1v) is 33.0. The van der Waals surface area contributed by atoms with Gasteiger partial charge in [0.05, 0.1) is 38.6 Å². The minimum atomic E-state index is -5.61. The largest absolute Gasteiger partial charge is 0.397 e. The molecule has 2 aromatic rings. The maximum Gasteiger partial charge on any atom is 0.397 e. The number of aliphatic hydroxyl groups is 10. The maximum absolute atomic E-state index is 12.8. The summed E-state index contributed by atoms with van der Waals surface area (Å²) >= 11 is 0. The molecule has 20 N–H and O–H groups in total. The Morgan fingerprint density at radius 2 is 0.722 bits per heavy atom. The van der Waals surface area contributed by atoms with Gasteiger partial charge in [0.1, 0.15) is 73.2 Å². The van der Waals surface area contributed by atoms with Gasteiger partial charge >= 0.3 is 62.4 Å². The van der Waals surface area contributed by atoms with E-state index in [1.807, 2.05) is 0 Å². The maximum atomic E-state index is 12.8. The molecular formula is C40H62N4O40S6. The fraction of sp³-hybridized carbons (Fsp3) is 0.650. The number of ether oxygens (including phenoxy) is 4. The van der Waals surface area contributed by atoms with Crippen LogP contribution in [0.15, 0.2) is 48.5 Å². The van der Waals surface area contributed by atoms with Crippen LogP contribution in [0, 0.1) is 0 Å². The van der Waals surface area contributed by atoms with Crippen molar-refractivity contribution in [3.63, 3.8) is 0 Å². The van der Waals surface area contributed by atoms with Crippen molar-refractivity contribution < 1.29 is 183 Å². The van der Waals surface area contributed by atoms with E-state index in [-0.39, 0.29) is 22.7 Å². The average Bonchev–Trinajstić information content (AvgIpc) is 0.809. The Balaban J connectivity index is 1.25. The summed E-state index contributed by atoms with van der Waals surface area (Å²) in [4.78, 5) is 25.6. The Morgan fingerprint density at radius 3 is 1.02 bits per heavy atom. The number of rotatable bonds is 37. The van der Waals surface area contributed by atoms with Crippen LogP contribution in [0.2, 0.25) is 0 Å². The van der Waals surface area contributed by atoms with Crippen molar-refractivity contribution >= 4 is 97.0 Å². The molecule has 50 heteroatoms. The molecular weight excluding hydrogens is 1370 g/mol. The van der Waals surface area contributed by atoms with Gasteiger partial charge in [-0.1, -0.05) is 12.1 Å². The number of nitrogens with one attached hydrogen (secondary N) is 4. The molecule has 18 atom stereocenters. The molecule has 2 aliphatic heterocycles. The first-order valence-electron chi connectivity index (χ1n) is 24.8. The summed E-state index contributed by atoms with van der Waals surface area (Å²) in [5, 5.41) is 117. The van der Waals surface area contributed by atoms with Crippen LogP contribution in [-0.2, 0) is 116 Å². The Labute approximate surface area is 509 Å². The first-order chi connectivity index (χ1) is 41.3. The van der Waals surface area contributed by atoms with Crippen molar-refractivity contribution in [3.8, 4) is 0 Å². The molecule has 0 radical (unpaired) electrons. The lowest BCUT2D eigenvalue weighted by Gasteiger charge is -2.42. The van der Waals surface area contributed by atoms with Gasteiger partial charge in [-0.3, -0.25) is 36.9 Å². The fourth-order valence-corrected chi connectivity index (χ4v) is 10.5. The lowest BCUT2D eigenvalue weighted by atomic mass is 9.99. The molecule has 0 spiro atoms. The molecule has 2 aromatic carbocycles. The second-order valence-corrected chi connectivity index (χ2v) is 25.2. The van der Waals surface area contributed by atoms with E-state index in [0.717, 1.165) is 0 Å². The Morgan fingerprint density at radius 1 is 0.433 bits per heavy atom. The predicted octanol–water partition coefficient (Wildman–Crippen LogP) is -8.65. The number of hydrogen-bond acceptors (Lipinski definition) is 36. The van der Waals surface area contributed by atoms with E-state index in [1.165, 1.54) is 48.5 Å². The third-order valence-corrected chi connectivity index (χ3v) is 14.7. The van der Waals surface area contributed by atoms with E-state index in [1.54, 1.807) is 0 Å². The lowest BCUT2D eigenvalue weighted by Crippen LogP contribution is -2.62. The SMILES string of the molecule is O=C(CCC(=O)Nc1cccc(NC[C@H](O)[C@@H](O)[C@H](O)[C@H](O)CO[C@@H]2O[C@@H](COS(=O)(=O)O)[C@@H](OS(=O)(=O)O)[C@H](O)[C@H]2OS(=O)(=O)O)c1)Nc1cccc(NC[C@H](O)[C@@H](O)[C@H](O)[C@H](O)CO[C@@H]2O[C@@H](COS(=O)(=O)O)[C@@H](OS(=O)(=O)O)[C@H](O)[C@H]2OS(=O)(=O)O)c1. The molecule has 0 unspecified atom stereocenters. The molecule has 518 valence electrons. The number of benzene rings is 2. The van der Waals surface area contributed by atoms with E-state index in [4.69, 9.17) is 37.2 Å². The molecule has 2 fully saturated rings. The molecule has 0 aromatic heterocycles. The monoisotopic (exact) mass is 1430 g/mol. The second-order valence-electron chi connectivity index (χ2n) is 18.9. The fourth-order valence-electron chi connectivity index (χ4n) is 7.91. The molecule has 44 nitrogen and oxygen atoms in total. The van der Waals surface area contributed by atoms with Gasteiger partial charge in [-0.25, -0.2) is 25.1 Å². The molecule has 2 aliphatic rings. The molecule has 2 amide bonds. The highest BCUT2D eigenvalue weighted by atomic mass is 32.3. The minimum absolute atomic E-state index is 0.134. The summed E-state index contributed by atoms with van der Waals surface area (Å²) in [6.45, 7) is -6.54. The van der Waals surface area contributed by atoms with Gasteiger partial charge in [0, 0.05) is 48.7 Å². The predicted molar refractivity (Wildman–Crippen MR) is 286 cm³/mol. The third kappa shape index (κ3) is 27.3. The summed E-state index contributed by atoms with van der Waals surface area (Å²) in [6, 6.07) is 11.2. The van der Waals surface area contributed by atoms with Crippen LogP contribution in [0.1, 0.15) is 12.8 Å². The smallest absolute Gasteiger partial charge is 0.388 e. The number of anilines is 4. The summed E-state index contributed by atoms with van der Waals surface area (Å²) in [7, 11) is -33.0. The van der Waals surface area contributed by atoms with Gasteiger partial charge in [0.2, 0.25) is 11.8 Å². The van der Waals surface area contributed by atoms with Crippen molar-refractivity contribution in [1.29, 1.82) is 0 Å². The zero-order valence-corrected chi connectivity index (χ0v) is 50.0. The van der Waals surface area contributed by atoms with Crippen LogP contribution < -0.4 is 21.3 Å². The Hall–Kier alpha value is -4.36. The molecule has 4 rings (SSSR count). The van der Waals surface area contributed by atoms with E-state index in [9.17, 15) is 120 Å². The van der Waals surface area contributed by atoms with Crippen LogP contribution in [0.5, 0.6) is 0 Å². The van der Waals surface area contributed by atoms with Gasteiger partial charge < -0.3 is 91.3 Å². The van der Waals surface area contributed by atoms with Crippen molar-refractivity contribution in [2.45, 2.75) is 123 Å². The standard InChI is InChI=1S/C40H62N4O40S6/c45-21(29(51)31(53)23(47)13-75-39-37(83-89(69,70)71)33(55)35(81-87(63,64)65)25(79-39)15-77-85(57,58)59)11-41-17-3-1-5-19(9-17)43-27(49)7-8-28(50)44-20-6-2-4-18(10-20)42-12-22(46)30(52)32(54)24(48)14-76-40-38(84-90(72,73)74)34(56)36(82-88(66,67)68)26(80-40)16-78-86(60,61)62/h1-6,9-10,21-26,29-42,45-48,51-56H,7-8,11-16H2,(H,43,49)(H,44,50)(H,57,58,59)(H,60,61,62)(H,63,64,65)(H,66,67,68)(H,69,70,71)(H,72,73,74)/t21-,22-,23+,24+,25-,26-,29+,30+,31+,32+,33-,34-,35+,36+,37+,38+,39+,40+/m0/s1. The zero-order chi connectivity index (χ0) is 68.1. The summed E-state index contributed by atoms with van der Waals surface area (Å²) < 4.78 is 237. The number of carbonyl (C=O) groups is 2. The molecule has 90 heavy (non-hydrogen) atoms. The zero-order valence-electron chi connectivity index (χ0n) is 45.1. The van der Waals surface area contributed by atoms with E-state index >= 15 is 0 Å². The molecule has 0 saturated carbocycles. The van der Waals surface area contributed by atoms with Gasteiger partial charge in [0.25, 0.3) is 0 Å². The number of hydrogen-bond donors (Lipinski definition) is 20. The molecule has 2 heterocycles. The molecule has 0 aliphatic carbocycles. The van der Waals surface area contributed by atoms with Crippen LogP contribution >= 0.6 is 0 Å². The van der Waals surface area contributed by atoms with Crippen LogP contribution in [-0.4, -0.2) is 290 Å². The van der Waals surface area contributed by atoms with E-state index in [0.29, 0.717) is 0 Å². The quantitative estimate of drug-likeness (QED) is 0.0279. The highest BCUT2D eigenvalue weighted by Gasteiger charge is 2.53. The van der Waals surface area contributed by atoms with Crippen molar-refractivity contribution in [2.24, 2.45) is 0 Å². The lowest BCUT2D eigenvalue weighted by molar-refractivity contribution is -0.296. The van der Waals surface area contributed by atoms with Gasteiger partial charge in [-0.05, 0) is 36.4 Å². The van der Waals surface area contributed by atoms with Crippen LogP contribution in [0.25, 0.3) is 0 Å². The Bertz CT molecular complexity index is 3160. The normalized spacial score (nSPS) is 25.8. The van der Waals surface area contributed by atoms with Gasteiger partial charge in [-0.15, -0.1) is 0 Å². The van der Waals surface area contributed by atoms with Crippen molar-refractivity contribution in [2.75, 3.05) is 60.8 Å². The Kier molecular flexibility index (Phi) is 28.8. The first kappa shape index (κ1) is 78.1. The van der Waals surface area contributed by atoms with E-state index < -0.39 is 237 Å². The van der Waals surface area contributed by atoms with E-state index in [2.05, 4.69) is 46.4 Å². The van der Waals surface area contributed by atoms with Gasteiger partial charge in [-0.2, -0.15) is 50.5 Å². The number of carbonyl (C=O) groups excluding carboxylic acids is 2.